The fourth-order valence-electron chi connectivity index (χ4n) is 3.83. The van der Waals surface area contributed by atoms with Gasteiger partial charge in [-0.25, -0.2) is 0 Å². The number of piperazine rings is 1. The molecule has 32 heavy (non-hydrogen) atoms. The molecule has 1 aliphatic rings. The van der Waals surface area contributed by atoms with Crippen molar-refractivity contribution in [2.24, 2.45) is 0 Å². The zero-order valence-corrected chi connectivity index (χ0v) is 18.6. The van der Waals surface area contributed by atoms with Crippen LogP contribution in [0.1, 0.15) is 17.2 Å². The van der Waals surface area contributed by atoms with E-state index in [-0.39, 0.29) is 17.7 Å². The lowest BCUT2D eigenvalue weighted by Gasteiger charge is -2.44. The predicted molar refractivity (Wildman–Crippen MR) is 116 cm³/mol. The van der Waals surface area contributed by atoms with Gasteiger partial charge in [-0.15, -0.1) is 0 Å². The summed E-state index contributed by atoms with van der Waals surface area (Å²) in [7, 11) is -1.28. The van der Waals surface area contributed by atoms with E-state index < -0.39 is 45.3 Å². The maximum absolute atomic E-state index is 13.4. The highest BCUT2D eigenvalue weighted by Crippen LogP contribution is 2.36. The normalized spacial score (nSPS) is 20.4. The second-order valence-electron chi connectivity index (χ2n) is 7.60. The monoisotopic (exact) mass is 462 g/mol. The van der Waals surface area contributed by atoms with Gasteiger partial charge in [-0.3, -0.25) is 19.0 Å². The SMILES string of the molecule is CN1C(=O)[C@H](Cc2ccccc2)N(C)C(=O)C1C(OS(C)(=O)=O)c1ccccc1N([O-])O. The van der Waals surface area contributed by atoms with Gasteiger partial charge >= 0.3 is 0 Å². The fraction of sp³-hybridized carbons (Fsp3) is 0.333. The number of carbonyl (C=O) groups is 2. The molecule has 1 heterocycles. The summed E-state index contributed by atoms with van der Waals surface area (Å²) in [5.74, 6) is -0.976. The van der Waals surface area contributed by atoms with Gasteiger partial charge in [0.25, 0.3) is 10.1 Å². The van der Waals surface area contributed by atoms with Crippen molar-refractivity contribution in [1.29, 1.82) is 0 Å². The van der Waals surface area contributed by atoms with Crippen molar-refractivity contribution in [2.75, 3.05) is 25.6 Å². The molecule has 1 aliphatic heterocycles. The Morgan fingerprint density at radius 2 is 1.62 bits per heavy atom. The molecule has 3 atom stereocenters. The molecule has 11 heteroatoms. The third kappa shape index (κ3) is 4.91. The summed E-state index contributed by atoms with van der Waals surface area (Å²) < 4.78 is 29.2. The largest absolute Gasteiger partial charge is 0.733 e. The molecule has 2 aromatic rings. The van der Waals surface area contributed by atoms with Crippen LogP contribution < -0.4 is 5.23 Å². The summed E-state index contributed by atoms with van der Waals surface area (Å²) in [6, 6.07) is 12.6. The summed E-state index contributed by atoms with van der Waals surface area (Å²) in [6.07, 6.45) is -0.475. The van der Waals surface area contributed by atoms with Gasteiger partial charge in [0.05, 0.1) is 11.9 Å². The maximum atomic E-state index is 13.4. The first kappa shape index (κ1) is 23.7. The van der Waals surface area contributed by atoms with E-state index in [2.05, 4.69) is 0 Å². The van der Waals surface area contributed by atoms with Crippen LogP contribution in [-0.2, 0) is 30.3 Å². The van der Waals surface area contributed by atoms with Crippen LogP contribution in [0.5, 0.6) is 0 Å². The maximum Gasteiger partial charge on any atom is 0.265 e. The van der Waals surface area contributed by atoms with Gasteiger partial charge in [-0.2, -0.15) is 8.42 Å². The lowest BCUT2D eigenvalue weighted by molar-refractivity contribution is -0.162. The minimum atomic E-state index is -4.12. The first-order chi connectivity index (χ1) is 15.0. The number of rotatable bonds is 7. The summed E-state index contributed by atoms with van der Waals surface area (Å²) in [5.41, 5.74) is 0.501. The third-order valence-corrected chi connectivity index (χ3v) is 5.96. The quantitative estimate of drug-likeness (QED) is 0.481. The minimum absolute atomic E-state index is 0.0525. The Balaban J connectivity index is 2.03. The molecule has 10 nitrogen and oxygen atoms in total. The van der Waals surface area contributed by atoms with Crippen molar-refractivity contribution in [3.05, 3.63) is 70.9 Å². The molecule has 0 radical (unpaired) electrons. The molecule has 0 aromatic heterocycles. The summed E-state index contributed by atoms with van der Waals surface area (Å²) in [4.78, 5) is 29.0. The second-order valence-corrected chi connectivity index (χ2v) is 9.20. The van der Waals surface area contributed by atoms with Crippen LogP contribution in [0, 0.1) is 5.21 Å². The zero-order valence-electron chi connectivity index (χ0n) is 17.8. The van der Waals surface area contributed by atoms with Crippen LogP contribution in [0.2, 0.25) is 0 Å². The van der Waals surface area contributed by atoms with Crippen LogP contribution in [0.25, 0.3) is 0 Å². The molecule has 2 aromatic carbocycles. The number of likely N-dealkylation sites (N-methyl/N-ethyl adjacent to an activating group) is 2. The number of hydrogen-bond donors (Lipinski definition) is 1. The van der Waals surface area contributed by atoms with Crippen LogP contribution in [0.3, 0.4) is 0 Å². The molecule has 3 rings (SSSR count). The van der Waals surface area contributed by atoms with Crippen LogP contribution >= 0.6 is 0 Å². The van der Waals surface area contributed by atoms with E-state index in [9.17, 15) is 28.4 Å². The number of hydrogen-bond acceptors (Lipinski definition) is 8. The van der Waals surface area contributed by atoms with Gasteiger partial charge in [-0.05, 0) is 11.6 Å². The average molecular weight is 463 g/mol. The van der Waals surface area contributed by atoms with Crippen LogP contribution in [-0.4, -0.2) is 67.7 Å². The highest BCUT2D eigenvalue weighted by molar-refractivity contribution is 7.86. The van der Waals surface area contributed by atoms with Gasteiger partial charge in [-0.1, -0.05) is 48.5 Å². The van der Waals surface area contributed by atoms with E-state index in [4.69, 9.17) is 4.18 Å². The van der Waals surface area contributed by atoms with E-state index in [1.54, 1.807) is 0 Å². The number of amides is 2. The van der Waals surface area contributed by atoms with Gasteiger partial charge in [0.2, 0.25) is 11.8 Å². The molecule has 0 aliphatic carbocycles. The fourth-order valence-corrected chi connectivity index (χ4v) is 4.41. The Morgan fingerprint density at radius 1 is 1.03 bits per heavy atom. The molecule has 1 N–H and O–H groups in total. The van der Waals surface area contributed by atoms with E-state index in [1.165, 1.54) is 43.3 Å². The van der Waals surface area contributed by atoms with Crippen molar-refractivity contribution < 1.29 is 27.4 Å². The van der Waals surface area contributed by atoms with Crippen LogP contribution in [0.4, 0.5) is 5.69 Å². The predicted octanol–water partition coefficient (Wildman–Crippen LogP) is 1.31. The zero-order chi connectivity index (χ0) is 23.6. The third-order valence-electron chi connectivity index (χ3n) is 5.40. The average Bonchev–Trinajstić information content (AvgIpc) is 2.74. The highest BCUT2D eigenvalue weighted by Gasteiger charge is 2.48. The first-order valence-electron chi connectivity index (χ1n) is 9.72. The minimum Gasteiger partial charge on any atom is -0.733 e. The number of benzene rings is 2. The number of para-hydroxylation sites is 1. The Bertz CT molecular complexity index is 1090. The van der Waals surface area contributed by atoms with E-state index in [0.717, 1.165) is 16.7 Å². The van der Waals surface area contributed by atoms with Crippen LogP contribution in [0.15, 0.2) is 54.6 Å². The second kappa shape index (κ2) is 9.25. The summed E-state index contributed by atoms with van der Waals surface area (Å²) >= 11 is 0. The molecule has 0 saturated carbocycles. The summed E-state index contributed by atoms with van der Waals surface area (Å²) in [5, 5.41) is 20.7. The topological polar surface area (TPSA) is 131 Å². The van der Waals surface area contributed by atoms with Gasteiger partial charge in [0.1, 0.15) is 18.2 Å². The molecule has 172 valence electrons. The van der Waals surface area contributed by atoms with Crippen molar-refractivity contribution in [3.8, 4) is 0 Å². The lowest BCUT2D eigenvalue weighted by atomic mass is 9.93. The van der Waals surface area contributed by atoms with Crippen molar-refractivity contribution >= 4 is 27.6 Å². The van der Waals surface area contributed by atoms with Gasteiger partial charge in [0.15, 0.2) is 0 Å². The molecule has 1 fully saturated rings. The highest BCUT2D eigenvalue weighted by atomic mass is 32.2. The molecule has 2 amide bonds. The van der Waals surface area contributed by atoms with E-state index >= 15 is 0 Å². The number of anilines is 1. The first-order valence-corrected chi connectivity index (χ1v) is 11.5. The molecule has 0 bridgehead atoms. The molecule has 0 spiro atoms. The molecular weight excluding hydrogens is 438 g/mol. The van der Waals surface area contributed by atoms with E-state index in [1.807, 2.05) is 30.3 Å². The Labute approximate surface area is 186 Å². The smallest absolute Gasteiger partial charge is 0.265 e. The lowest BCUT2D eigenvalue weighted by Crippen LogP contribution is -2.64. The Kier molecular flexibility index (Phi) is 6.84. The summed E-state index contributed by atoms with van der Waals surface area (Å²) in [6.45, 7) is 0. The Hall–Kier alpha value is -2.99. The van der Waals surface area contributed by atoms with E-state index in [0.29, 0.717) is 0 Å². The van der Waals surface area contributed by atoms with Crippen molar-refractivity contribution in [3.63, 3.8) is 0 Å². The van der Waals surface area contributed by atoms with Gasteiger partial charge < -0.3 is 20.2 Å². The number of carbonyl (C=O) groups excluding carboxylic acids is 2. The standard InChI is InChI=1S/C21H24N3O7S/c1-22-17(13-14-9-5-4-6-10-14)20(25)23(2)18(21(22)26)19(31-32(3,29)30)15-11-7-8-12-16(15)24(27)28/h4-12,17-19,27H,13H2,1-3H3/q-1/t17-,18?,19?/m0/s1. The number of nitrogens with zero attached hydrogens (tertiary/aromatic N) is 3. The van der Waals surface area contributed by atoms with Crippen molar-refractivity contribution in [2.45, 2.75) is 24.6 Å². The molecule has 2 unspecified atom stereocenters. The Morgan fingerprint density at radius 3 is 2.22 bits per heavy atom. The van der Waals surface area contributed by atoms with Crippen molar-refractivity contribution in [1.82, 2.24) is 9.80 Å². The van der Waals surface area contributed by atoms with Gasteiger partial charge in [0, 0.05) is 26.1 Å². The molecular formula is C21H24N3O7S-. The molecule has 1 saturated heterocycles.